The topological polar surface area (TPSA) is 34.0 Å². The van der Waals surface area contributed by atoms with Gasteiger partial charge in [-0.2, -0.15) is 10.2 Å². The van der Waals surface area contributed by atoms with Gasteiger partial charge >= 0.3 is 0 Å². The molecule has 0 aliphatic carbocycles. The van der Waals surface area contributed by atoms with E-state index in [1.807, 2.05) is 54.6 Å². The molecule has 3 nitrogen and oxygen atoms in total. The van der Waals surface area contributed by atoms with Crippen LogP contribution >= 0.6 is 0 Å². The van der Waals surface area contributed by atoms with Gasteiger partial charge in [0.05, 0.1) is 11.4 Å². The maximum Gasteiger partial charge on any atom is 0.148 e. The predicted molar refractivity (Wildman–Crippen MR) is 71.4 cm³/mol. The zero-order chi connectivity index (χ0) is 12.6. The number of benzene rings is 2. The van der Waals surface area contributed by atoms with Crippen molar-refractivity contribution in [3.63, 3.8) is 0 Å². The molecule has 3 heteroatoms. The molecule has 88 valence electrons. The van der Waals surface area contributed by atoms with Gasteiger partial charge in [-0.05, 0) is 36.4 Å². The van der Waals surface area contributed by atoms with Crippen LogP contribution in [0.5, 0.6) is 5.75 Å². The van der Waals surface area contributed by atoms with Crippen molar-refractivity contribution in [1.29, 1.82) is 0 Å². The first kappa shape index (κ1) is 11.9. The fourth-order valence-electron chi connectivity index (χ4n) is 1.34. The van der Waals surface area contributed by atoms with E-state index < -0.39 is 0 Å². The Kier molecular flexibility index (Phi) is 4.10. The maximum atomic E-state index is 5.26. The van der Waals surface area contributed by atoms with Gasteiger partial charge < -0.3 is 4.74 Å². The lowest BCUT2D eigenvalue weighted by Crippen LogP contribution is -1.92. The van der Waals surface area contributed by atoms with E-state index in [0.717, 1.165) is 17.1 Å². The van der Waals surface area contributed by atoms with Crippen LogP contribution in [-0.4, -0.2) is 6.61 Å². The Balaban J connectivity index is 2.02. The summed E-state index contributed by atoms with van der Waals surface area (Å²) in [5.41, 5.74) is 1.59. The molecule has 0 aromatic heterocycles. The zero-order valence-corrected chi connectivity index (χ0v) is 9.78. The highest BCUT2D eigenvalue weighted by Crippen LogP contribution is 2.20. The van der Waals surface area contributed by atoms with E-state index in [1.165, 1.54) is 0 Å². The third kappa shape index (κ3) is 3.46. The molecule has 0 bridgehead atoms. The van der Waals surface area contributed by atoms with Gasteiger partial charge in [0.1, 0.15) is 12.4 Å². The molecule has 0 amide bonds. The molecule has 2 aromatic carbocycles. The normalized spacial score (nSPS) is 10.2. The monoisotopic (exact) mass is 236 g/mol. The molecule has 0 N–H and O–H groups in total. The predicted octanol–water partition coefficient (Wildman–Crippen LogP) is 4.11. The van der Waals surface area contributed by atoms with Crippen LogP contribution in [0.1, 0.15) is 0 Å². The third-order valence-corrected chi connectivity index (χ3v) is 2.20. The molecule has 2 rings (SSSR count). The standard InChI is InChI=1S/C15H12N2O/c1-2-12-18-15-10-8-14(9-11-15)17-16-13-6-4-3-5-7-13/h1,3-11H,12H2. The van der Waals surface area contributed by atoms with Crippen LogP contribution in [0, 0.1) is 12.3 Å². The number of azo groups is 1. The molecule has 0 aliphatic heterocycles. The minimum atomic E-state index is 0.269. The van der Waals surface area contributed by atoms with Crippen molar-refractivity contribution in [3.05, 3.63) is 54.6 Å². The first-order valence-electron chi connectivity index (χ1n) is 5.51. The van der Waals surface area contributed by atoms with Crippen molar-refractivity contribution in [2.75, 3.05) is 6.61 Å². The van der Waals surface area contributed by atoms with Gasteiger partial charge in [0.2, 0.25) is 0 Å². The fraction of sp³-hybridized carbons (Fsp3) is 0.0667. The molecule has 2 aromatic rings. The molecule has 0 aliphatic rings. The third-order valence-electron chi connectivity index (χ3n) is 2.20. The molecule has 0 radical (unpaired) electrons. The van der Waals surface area contributed by atoms with Gasteiger partial charge in [0.25, 0.3) is 0 Å². The lowest BCUT2D eigenvalue weighted by Gasteiger charge is -2.01. The molecule has 0 atom stereocenters. The summed E-state index contributed by atoms with van der Waals surface area (Å²) in [7, 11) is 0. The number of hydrogen-bond donors (Lipinski definition) is 0. The average molecular weight is 236 g/mol. The summed E-state index contributed by atoms with van der Waals surface area (Å²) in [4.78, 5) is 0. The van der Waals surface area contributed by atoms with Crippen molar-refractivity contribution >= 4 is 11.4 Å². The quantitative estimate of drug-likeness (QED) is 0.581. The summed E-state index contributed by atoms with van der Waals surface area (Å²) < 4.78 is 5.26. The van der Waals surface area contributed by atoms with Crippen LogP contribution in [0.4, 0.5) is 11.4 Å². The molecule has 0 saturated carbocycles. The zero-order valence-electron chi connectivity index (χ0n) is 9.78. The van der Waals surface area contributed by atoms with Crippen LogP contribution in [0.25, 0.3) is 0 Å². The highest BCUT2D eigenvalue weighted by atomic mass is 16.5. The fourth-order valence-corrected chi connectivity index (χ4v) is 1.34. The van der Waals surface area contributed by atoms with E-state index in [2.05, 4.69) is 16.1 Å². The van der Waals surface area contributed by atoms with Gasteiger partial charge in [-0.1, -0.05) is 24.1 Å². The van der Waals surface area contributed by atoms with Crippen molar-refractivity contribution < 1.29 is 4.74 Å². The smallest absolute Gasteiger partial charge is 0.148 e. The number of rotatable bonds is 4. The van der Waals surface area contributed by atoms with Gasteiger partial charge in [-0.25, -0.2) is 0 Å². The Morgan fingerprint density at radius 3 is 2.11 bits per heavy atom. The molecule has 0 saturated heterocycles. The lowest BCUT2D eigenvalue weighted by molar-refractivity contribution is 0.370. The molecule has 18 heavy (non-hydrogen) atoms. The molecule has 0 fully saturated rings. The Labute approximate surface area is 106 Å². The Bertz CT molecular complexity index is 553. The largest absolute Gasteiger partial charge is 0.481 e. The van der Waals surface area contributed by atoms with Gasteiger partial charge in [0, 0.05) is 0 Å². The highest BCUT2D eigenvalue weighted by Gasteiger charge is 1.93. The van der Waals surface area contributed by atoms with Crippen LogP contribution in [-0.2, 0) is 0 Å². The molecular formula is C15H12N2O. The average Bonchev–Trinajstić information content (AvgIpc) is 2.45. The summed E-state index contributed by atoms with van der Waals surface area (Å²) in [6.07, 6.45) is 5.11. The minimum absolute atomic E-state index is 0.269. The van der Waals surface area contributed by atoms with Crippen molar-refractivity contribution in [2.24, 2.45) is 10.2 Å². The Morgan fingerprint density at radius 1 is 0.889 bits per heavy atom. The summed E-state index contributed by atoms with van der Waals surface area (Å²) in [5.74, 6) is 3.14. The van der Waals surface area contributed by atoms with E-state index in [9.17, 15) is 0 Å². The summed E-state index contributed by atoms with van der Waals surface area (Å²) in [5, 5.41) is 8.25. The Morgan fingerprint density at radius 2 is 1.50 bits per heavy atom. The second-order valence-corrected chi connectivity index (χ2v) is 3.52. The van der Waals surface area contributed by atoms with E-state index in [4.69, 9.17) is 11.2 Å². The number of hydrogen-bond acceptors (Lipinski definition) is 3. The maximum absolute atomic E-state index is 5.26. The first-order chi connectivity index (χ1) is 8.88. The number of terminal acetylenes is 1. The second kappa shape index (κ2) is 6.21. The van der Waals surface area contributed by atoms with E-state index >= 15 is 0 Å². The van der Waals surface area contributed by atoms with Crippen molar-refractivity contribution in [1.82, 2.24) is 0 Å². The number of ether oxygens (including phenoxy) is 1. The van der Waals surface area contributed by atoms with E-state index in [1.54, 1.807) is 0 Å². The molecular weight excluding hydrogens is 224 g/mol. The first-order valence-corrected chi connectivity index (χ1v) is 5.51. The lowest BCUT2D eigenvalue weighted by atomic mass is 10.3. The summed E-state index contributed by atoms with van der Waals surface area (Å²) in [6.45, 7) is 0.269. The molecule has 0 unspecified atom stereocenters. The van der Waals surface area contributed by atoms with Crippen LogP contribution in [0.3, 0.4) is 0 Å². The Hall–Kier alpha value is -2.60. The van der Waals surface area contributed by atoms with Gasteiger partial charge in [-0.15, -0.1) is 6.42 Å². The van der Waals surface area contributed by atoms with E-state index in [0.29, 0.717) is 0 Å². The molecule has 0 spiro atoms. The highest BCUT2D eigenvalue weighted by molar-refractivity contribution is 5.42. The van der Waals surface area contributed by atoms with Crippen molar-refractivity contribution in [2.45, 2.75) is 0 Å². The summed E-state index contributed by atoms with van der Waals surface area (Å²) in [6, 6.07) is 16.9. The summed E-state index contributed by atoms with van der Waals surface area (Å²) >= 11 is 0. The van der Waals surface area contributed by atoms with Crippen molar-refractivity contribution in [3.8, 4) is 18.1 Å². The van der Waals surface area contributed by atoms with Gasteiger partial charge in [-0.3, -0.25) is 0 Å². The van der Waals surface area contributed by atoms with Crippen LogP contribution in [0.2, 0.25) is 0 Å². The number of nitrogens with zero attached hydrogens (tertiary/aromatic N) is 2. The van der Waals surface area contributed by atoms with Gasteiger partial charge in [0.15, 0.2) is 0 Å². The van der Waals surface area contributed by atoms with Crippen LogP contribution < -0.4 is 4.74 Å². The minimum Gasteiger partial charge on any atom is -0.481 e. The van der Waals surface area contributed by atoms with E-state index in [-0.39, 0.29) is 6.61 Å². The molecule has 0 heterocycles. The second-order valence-electron chi connectivity index (χ2n) is 3.52. The van der Waals surface area contributed by atoms with Crippen LogP contribution in [0.15, 0.2) is 64.8 Å². The SMILES string of the molecule is C#CCOc1ccc(N=Nc2ccccc2)cc1.